The Kier molecular flexibility index (Phi) is 5.60. The van der Waals surface area contributed by atoms with Gasteiger partial charge in [0, 0.05) is 12.7 Å². The third kappa shape index (κ3) is 4.98. The second kappa shape index (κ2) is 7.88. The minimum atomic E-state index is -0.237. The van der Waals surface area contributed by atoms with Crippen molar-refractivity contribution in [3.8, 4) is 5.75 Å². The molecule has 2 aromatic rings. The number of rotatable bonds is 5. The van der Waals surface area contributed by atoms with Crippen LogP contribution in [0.3, 0.4) is 0 Å². The molecule has 4 nitrogen and oxygen atoms in total. The first-order valence-corrected chi connectivity index (χ1v) is 7.08. The zero-order valence-corrected chi connectivity index (χ0v) is 12.8. The average Bonchev–Trinajstić information content (AvgIpc) is 2.55. The van der Waals surface area contributed by atoms with E-state index in [1.165, 1.54) is 5.56 Å². The molecule has 2 aromatic carbocycles. The van der Waals surface area contributed by atoms with Gasteiger partial charge < -0.3 is 15.4 Å². The van der Waals surface area contributed by atoms with E-state index in [1.54, 1.807) is 13.3 Å². The van der Waals surface area contributed by atoms with Gasteiger partial charge in [0.2, 0.25) is 0 Å². The number of amides is 2. The summed E-state index contributed by atoms with van der Waals surface area (Å²) in [5.74, 6) is 0.800. The zero-order valence-electron chi connectivity index (χ0n) is 12.8. The summed E-state index contributed by atoms with van der Waals surface area (Å²) in [6, 6.07) is 15.4. The Morgan fingerprint density at radius 2 is 1.77 bits per heavy atom. The van der Waals surface area contributed by atoms with Crippen LogP contribution in [0.5, 0.6) is 5.75 Å². The molecule has 0 aromatic heterocycles. The van der Waals surface area contributed by atoms with E-state index in [0.717, 1.165) is 16.9 Å². The summed E-state index contributed by atoms with van der Waals surface area (Å²) in [5.41, 5.74) is 3.27. The predicted octanol–water partition coefficient (Wildman–Crippen LogP) is 3.47. The molecule has 4 heteroatoms. The van der Waals surface area contributed by atoms with Crippen LogP contribution in [0.25, 0.3) is 6.08 Å². The van der Waals surface area contributed by atoms with Gasteiger partial charge in [-0.15, -0.1) is 0 Å². The van der Waals surface area contributed by atoms with E-state index in [4.69, 9.17) is 4.74 Å². The minimum absolute atomic E-state index is 0.237. The van der Waals surface area contributed by atoms with Crippen LogP contribution in [0.4, 0.5) is 4.79 Å². The van der Waals surface area contributed by atoms with Crippen molar-refractivity contribution in [2.45, 2.75) is 13.5 Å². The quantitative estimate of drug-likeness (QED) is 0.887. The van der Waals surface area contributed by atoms with Gasteiger partial charge in [-0.05, 0) is 36.3 Å². The normalized spacial score (nSPS) is 10.5. The van der Waals surface area contributed by atoms with Crippen LogP contribution in [0.2, 0.25) is 0 Å². The Bertz CT molecular complexity index is 631. The van der Waals surface area contributed by atoms with E-state index in [-0.39, 0.29) is 6.03 Å². The van der Waals surface area contributed by atoms with Crippen LogP contribution in [-0.4, -0.2) is 13.1 Å². The van der Waals surface area contributed by atoms with Crippen molar-refractivity contribution in [2.24, 2.45) is 0 Å². The predicted molar refractivity (Wildman–Crippen MR) is 88.6 cm³/mol. The van der Waals surface area contributed by atoms with E-state index in [0.29, 0.717) is 6.54 Å². The highest BCUT2D eigenvalue weighted by molar-refractivity contribution is 5.75. The lowest BCUT2D eigenvalue weighted by Gasteiger charge is -2.06. The van der Waals surface area contributed by atoms with Gasteiger partial charge in [-0.25, -0.2) is 4.79 Å². The highest BCUT2D eigenvalue weighted by atomic mass is 16.5. The third-order valence-corrected chi connectivity index (χ3v) is 3.18. The molecule has 0 aliphatic heterocycles. The first-order chi connectivity index (χ1) is 10.7. The maximum atomic E-state index is 11.7. The van der Waals surface area contributed by atoms with Crippen molar-refractivity contribution in [1.82, 2.24) is 10.6 Å². The summed E-state index contributed by atoms with van der Waals surface area (Å²) in [6.07, 6.45) is 3.49. The van der Waals surface area contributed by atoms with Gasteiger partial charge in [0.25, 0.3) is 0 Å². The first kappa shape index (κ1) is 15.6. The summed E-state index contributed by atoms with van der Waals surface area (Å²) in [7, 11) is 1.63. The van der Waals surface area contributed by atoms with E-state index in [2.05, 4.69) is 10.6 Å². The maximum Gasteiger partial charge on any atom is 0.319 e. The average molecular weight is 296 g/mol. The molecule has 0 bridgehead atoms. The van der Waals surface area contributed by atoms with Crippen LogP contribution in [0.1, 0.15) is 16.7 Å². The van der Waals surface area contributed by atoms with Gasteiger partial charge in [0.05, 0.1) is 7.11 Å². The second-order valence-corrected chi connectivity index (χ2v) is 4.92. The monoisotopic (exact) mass is 296 g/mol. The van der Waals surface area contributed by atoms with Crippen LogP contribution in [0.15, 0.2) is 54.7 Å². The van der Waals surface area contributed by atoms with Crippen molar-refractivity contribution in [2.75, 3.05) is 7.11 Å². The van der Waals surface area contributed by atoms with Gasteiger partial charge in [0.15, 0.2) is 0 Å². The SMILES string of the molecule is COc1ccc(CNC(=O)N/C=C/c2ccc(C)cc2)cc1. The fraction of sp³-hybridized carbons (Fsp3) is 0.167. The number of nitrogens with one attached hydrogen (secondary N) is 2. The minimum Gasteiger partial charge on any atom is -0.497 e. The molecule has 0 heterocycles. The summed E-state index contributed by atoms with van der Waals surface area (Å²) in [5, 5.41) is 5.47. The van der Waals surface area contributed by atoms with E-state index in [9.17, 15) is 4.79 Å². The Morgan fingerprint density at radius 3 is 2.41 bits per heavy atom. The first-order valence-electron chi connectivity index (χ1n) is 7.08. The highest BCUT2D eigenvalue weighted by Gasteiger charge is 1.98. The van der Waals surface area contributed by atoms with Gasteiger partial charge >= 0.3 is 6.03 Å². The van der Waals surface area contributed by atoms with Crippen molar-refractivity contribution in [3.05, 3.63) is 71.4 Å². The molecule has 2 rings (SSSR count). The van der Waals surface area contributed by atoms with Crippen LogP contribution in [0, 0.1) is 6.92 Å². The standard InChI is InChI=1S/C18H20N2O2/c1-14-3-5-15(6-4-14)11-12-19-18(21)20-13-16-7-9-17(22-2)10-8-16/h3-12H,13H2,1-2H3,(H2,19,20,21)/b12-11+. The lowest BCUT2D eigenvalue weighted by Crippen LogP contribution is -2.31. The van der Waals surface area contributed by atoms with Gasteiger partial charge in [0.1, 0.15) is 5.75 Å². The number of ether oxygens (including phenoxy) is 1. The van der Waals surface area contributed by atoms with Gasteiger partial charge in [-0.3, -0.25) is 0 Å². The van der Waals surface area contributed by atoms with Crippen LogP contribution >= 0.6 is 0 Å². The number of hydrogen-bond donors (Lipinski definition) is 2. The maximum absolute atomic E-state index is 11.7. The van der Waals surface area contributed by atoms with Crippen molar-refractivity contribution in [3.63, 3.8) is 0 Å². The van der Waals surface area contributed by atoms with Crippen LogP contribution < -0.4 is 15.4 Å². The Balaban J connectivity index is 1.76. The molecule has 2 N–H and O–H groups in total. The Hall–Kier alpha value is -2.75. The number of urea groups is 1. The molecular formula is C18H20N2O2. The summed E-state index contributed by atoms with van der Waals surface area (Å²) < 4.78 is 5.09. The largest absolute Gasteiger partial charge is 0.497 e. The Labute approximate surface area is 130 Å². The molecule has 0 atom stereocenters. The molecule has 0 unspecified atom stereocenters. The van der Waals surface area contributed by atoms with Crippen molar-refractivity contribution >= 4 is 12.1 Å². The molecule has 22 heavy (non-hydrogen) atoms. The number of carbonyl (C=O) groups excluding carboxylic acids is 1. The summed E-state index contributed by atoms with van der Waals surface area (Å²) in [6.45, 7) is 2.51. The molecule has 114 valence electrons. The lowest BCUT2D eigenvalue weighted by molar-refractivity contribution is 0.244. The molecule has 0 radical (unpaired) electrons. The number of hydrogen-bond acceptors (Lipinski definition) is 2. The molecule has 2 amide bonds. The summed E-state index contributed by atoms with van der Waals surface area (Å²) >= 11 is 0. The fourth-order valence-electron chi connectivity index (χ4n) is 1.87. The smallest absolute Gasteiger partial charge is 0.319 e. The number of carbonyl (C=O) groups is 1. The zero-order chi connectivity index (χ0) is 15.8. The third-order valence-electron chi connectivity index (χ3n) is 3.18. The molecule has 0 aliphatic rings. The number of aryl methyl sites for hydroxylation is 1. The fourth-order valence-corrected chi connectivity index (χ4v) is 1.87. The molecule has 0 saturated heterocycles. The molecule has 0 aliphatic carbocycles. The topological polar surface area (TPSA) is 50.4 Å². The van der Waals surface area contributed by atoms with Gasteiger partial charge in [-0.1, -0.05) is 42.0 Å². The molecule has 0 spiro atoms. The van der Waals surface area contributed by atoms with Crippen molar-refractivity contribution in [1.29, 1.82) is 0 Å². The van der Waals surface area contributed by atoms with Crippen molar-refractivity contribution < 1.29 is 9.53 Å². The summed E-state index contributed by atoms with van der Waals surface area (Å²) in [4.78, 5) is 11.7. The van der Waals surface area contributed by atoms with E-state index >= 15 is 0 Å². The highest BCUT2D eigenvalue weighted by Crippen LogP contribution is 2.10. The van der Waals surface area contributed by atoms with E-state index in [1.807, 2.05) is 61.5 Å². The second-order valence-electron chi connectivity index (χ2n) is 4.92. The molecular weight excluding hydrogens is 276 g/mol. The van der Waals surface area contributed by atoms with Crippen LogP contribution in [-0.2, 0) is 6.54 Å². The molecule has 0 fully saturated rings. The van der Waals surface area contributed by atoms with Gasteiger partial charge in [-0.2, -0.15) is 0 Å². The van der Waals surface area contributed by atoms with E-state index < -0.39 is 0 Å². The number of methoxy groups -OCH3 is 1. The molecule has 0 saturated carbocycles. The lowest BCUT2D eigenvalue weighted by atomic mass is 10.1. The Morgan fingerprint density at radius 1 is 1.09 bits per heavy atom. The number of benzene rings is 2.